The molecule has 33 heavy (non-hydrogen) atoms. The van der Waals surface area contributed by atoms with Crippen molar-refractivity contribution in [3.8, 4) is 11.5 Å². The molecule has 0 aliphatic heterocycles. The molecule has 184 valence electrons. The van der Waals surface area contributed by atoms with Crippen LogP contribution < -0.4 is 9.16 Å². The van der Waals surface area contributed by atoms with Gasteiger partial charge in [-0.25, -0.2) is 0 Å². The Kier molecular flexibility index (Phi) is 7.35. The maximum atomic E-state index is 7.04. The molecular formula is C30H48O2Si. The quantitative estimate of drug-likeness (QED) is 0.407. The molecule has 0 radical (unpaired) electrons. The van der Waals surface area contributed by atoms with Crippen molar-refractivity contribution >= 4 is 19.1 Å². The molecule has 0 unspecified atom stereocenters. The van der Waals surface area contributed by atoms with Crippen LogP contribution in [0.15, 0.2) is 30.3 Å². The summed E-state index contributed by atoms with van der Waals surface area (Å²) < 4.78 is 14.0. The minimum Gasteiger partial charge on any atom is -0.543 e. The van der Waals surface area contributed by atoms with Crippen LogP contribution in [0, 0.1) is 17.8 Å². The number of hydrogen-bond acceptors (Lipinski definition) is 2. The summed E-state index contributed by atoms with van der Waals surface area (Å²) in [6, 6.07) is 11.0. The summed E-state index contributed by atoms with van der Waals surface area (Å²) >= 11 is 0. The molecule has 0 saturated heterocycles. The van der Waals surface area contributed by atoms with Crippen molar-refractivity contribution in [2.75, 3.05) is 0 Å². The fourth-order valence-electron chi connectivity index (χ4n) is 4.90. The lowest BCUT2D eigenvalue weighted by molar-refractivity contribution is 0.0470. The third-order valence-electron chi connectivity index (χ3n) is 8.17. The van der Waals surface area contributed by atoms with Gasteiger partial charge in [0.1, 0.15) is 17.6 Å². The van der Waals surface area contributed by atoms with Crippen molar-refractivity contribution in [2.24, 2.45) is 17.8 Å². The van der Waals surface area contributed by atoms with Gasteiger partial charge < -0.3 is 9.16 Å². The summed E-state index contributed by atoms with van der Waals surface area (Å²) in [4.78, 5) is 0. The van der Waals surface area contributed by atoms with Gasteiger partial charge in [-0.2, -0.15) is 0 Å². The highest BCUT2D eigenvalue weighted by Gasteiger charge is 2.41. The first kappa shape index (κ1) is 26.1. The first-order chi connectivity index (χ1) is 15.1. The molecule has 1 fully saturated rings. The van der Waals surface area contributed by atoms with Gasteiger partial charge in [0.15, 0.2) is 0 Å². The van der Waals surface area contributed by atoms with Crippen molar-refractivity contribution in [2.45, 2.75) is 111 Å². The first-order valence-electron chi connectivity index (χ1n) is 13.0. The van der Waals surface area contributed by atoms with Crippen LogP contribution >= 0.6 is 0 Å². The highest BCUT2D eigenvalue weighted by atomic mass is 28.4. The lowest BCUT2D eigenvalue weighted by Crippen LogP contribution is -2.44. The Balaban J connectivity index is 2.17. The predicted molar refractivity (Wildman–Crippen MR) is 146 cm³/mol. The van der Waals surface area contributed by atoms with Crippen LogP contribution in [0.5, 0.6) is 11.5 Å². The van der Waals surface area contributed by atoms with Crippen molar-refractivity contribution in [3.63, 3.8) is 0 Å². The van der Waals surface area contributed by atoms with Crippen molar-refractivity contribution in [3.05, 3.63) is 35.9 Å². The van der Waals surface area contributed by atoms with Crippen LogP contribution in [0.3, 0.4) is 0 Å². The second-order valence-corrected chi connectivity index (χ2v) is 18.1. The van der Waals surface area contributed by atoms with E-state index in [0.717, 1.165) is 23.8 Å². The molecule has 2 nitrogen and oxygen atoms in total. The van der Waals surface area contributed by atoms with Crippen LogP contribution in [0.25, 0.3) is 10.8 Å². The smallest absolute Gasteiger partial charge is 0.250 e. The summed E-state index contributed by atoms with van der Waals surface area (Å²) in [5, 5.41) is 2.51. The molecule has 1 aliphatic carbocycles. The fraction of sp³-hybridized carbons (Fsp3) is 0.667. The van der Waals surface area contributed by atoms with Gasteiger partial charge in [-0.3, -0.25) is 0 Å². The van der Waals surface area contributed by atoms with Crippen molar-refractivity contribution in [1.82, 2.24) is 0 Å². The molecule has 1 saturated carbocycles. The molecular weight excluding hydrogens is 420 g/mol. The third-order valence-corrected chi connectivity index (χ3v) is 12.5. The molecule has 0 N–H and O–H groups in total. The number of hydrogen-bond donors (Lipinski definition) is 0. The van der Waals surface area contributed by atoms with Crippen LogP contribution in [-0.2, 0) is 5.41 Å². The topological polar surface area (TPSA) is 18.5 Å². The lowest BCUT2D eigenvalue weighted by Gasteiger charge is -2.40. The van der Waals surface area contributed by atoms with E-state index in [1.54, 1.807) is 0 Å². The van der Waals surface area contributed by atoms with Gasteiger partial charge in [0, 0.05) is 16.3 Å². The van der Waals surface area contributed by atoms with Crippen LogP contribution in [0.2, 0.25) is 18.1 Å². The van der Waals surface area contributed by atoms with Gasteiger partial charge in [-0.15, -0.1) is 0 Å². The molecule has 0 bridgehead atoms. The highest BCUT2D eigenvalue weighted by Crippen LogP contribution is 2.47. The zero-order chi connectivity index (χ0) is 24.8. The van der Waals surface area contributed by atoms with Gasteiger partial charge in [0.25, 0.3) is 8.32 Å². The molecule has 3 rings (SSSR count). The summed E-state index contributed by atoms with van der Waals surface area (Å²) in [5.41, 5.74) is 1.21. The maximum absolute atomic E-state index is 7.04. The molecule has 2 aromatic carbocycles. The van der Waals surface area contributed by atoms with E-state index in [1.807, 2.05) is 0 Å². The minimum atomic E-state index is -2.01. The van der Waals surface area contributed by atoms with Gasteiger partial charge in [0.2, 0.25) is 0 Å². The second kappa shape index (κ2) is 9.28. The molecule has 3 heteroatoms. The molecule has 2 aromatic rings. The zero-order valence-corrected chi connectivity index (χ0v) is 24.1. The molecule has 3 atom stereocenters. The number of ether oxygens (including phenoxy) is 1. The lowest BCUT2D eigenvalue weighted by atomic mass is 9.75. The fourth-order valence-corrected chi connectivity index (χ4v) is 5.94. The Labute approximate surface area is 204 Å². The maximum Gasteiger partial charge on any atom is 0.250 e. The van der Waals surface area contributed by atoms with Crippen LogP contribution in [0.1, 0.15) is 87.1 Å². The van der Waals surface area contributed by atoms with Crippen molar-refractivity contribution < 1.29 is 9.16 Å². The molecule has 0 amide bonds. The summed E-state index contributed by atoms with van der Waals surface area (Å²) in [7, 11) is -2.01. The predicted octanol–water partition coefficient (Wildman–Crippen LogP) is 9.36. The Bertz CT molecular complexity index is 962. The van der Waals surface area contributed by atoms with Crippen LogP contribution in [0.4, 0.5) is 0 Å². The van der Waals surface area contributed by atoms with E-state index in [9.17, 15) is 0 Å². The van der Waals surface area contributed by atoms with E-state index in [2.05, 4.69) is 106 Å². The summed E-state index contributed by atoms with van der Waals surface area (Å²) in [5.74, 6) is 4.06. The average Bonchev–Trinajstić information content (AvgIpc) is 2.67. The van der Waals surface area contributed by atoms with E-state index < -0.39 is 8.32 Å². The molecule has 0 heterocycles. The molecule has 1 aliphatic rings. The largest absolute Gasteiger partial charge is 0.543 e. The Morgan fingerprint density at radius 2 is 1.55 bits per heavy atom. The van der Waals surface area contributed by atoms with E-state index in [1.165, 1.54) is 29.2 Å². The van der Waals surface area contributed by atoms with Crippen LogP contribution in [-0.4, -0.2) is 14.4 Å². The monoisotopic (exact) mass is 468 g/mol. The number of rotatable bonds is 5. The van der Waals surface area contributed by atoms with Gasteiger partial charge in [-0.1, -0.05) is 93.0 Å². The molecule has 0 spiro atoms. The zero-order valence-electron chi connectivity index (χ0n) is 23.1. The molecule has 0 aromatic heterocycles. The second-order valence-electron chi connectivity index (χ2n) is 13.4. The Hall–Kier alpha value is -1.48. The normalized spacial score (nSPS) is 22.6. The number of benzene rings is 2. The minimum absolute atomic E-state index is 0.0445. The van der Waals surface area contributed by atoms with Gasteiger partial charge in [-0.05, 0) is 60.2 Å². The van der Waals surface area contributed by atoms with E-state index in [-0.39, 0.29) is 16.6 Å². The SMILES string of the molecule is CC(C)[C@@H]1CC[C@@H](C)C[C@H]1Oc1cc(C(C)(C)C)c(O[Si](C)(C)C(C)(C)C)c2ccccc12. The number of fused-ring (bicyclic) bond motifs is 1. The van der Waals surface area contributed by atoms with Gasteiger partial charge in [0.05, 0.1) is 0 Å². The van der Waals surface area contributed by atoms with Crippen molar-refractivity contribution in [1.29, 1.82) is 0 Å². The average molecular weight is 469 g/mol. The summed E-state index contributed by atoms with van der Waals surface area (Å²) in [6.45, 7) is 25.6. The first-order valence-corrected chi connectivity index (χ1v) is 15.9. The van der Waals surface area contributed by atoms with Gasteiger partial charge >= 0.3 is 0 Å². The Morgan fingerprint density at radius 1 is 0.939 bits per heavy atom. The standard InChI is InChI=1S/C30H48O2Si/c1-20(2)22-17-16-21(3)18-26(22)31-27-19-25(29(4,5)6)28(24-15-13-12-14-23(24)27)32-33(10,11)30(7,8)9/h12-15,19-22,26H,16-18H2,1-11H3/t21-,22+,26-/m1/s1. The van der Waals surface area contributed by atoms with E-state index >= 15 is 0 Å². The van der Waals surface area contributed by atoms with E-state index in [4.69, 9.17) is 9.16 Å². The van der Waals surface area contributed by atoms with E-state index in [0.29, 0.717) is 11.8 Å². The Morgan fingerprint density at radius 3 is 2.09 bits per heavy atom. The highest BCUT2D eigenvalue weighted by molar-refractivity contribution is 6.74. The third kappa shape index (κ3) is 5.61. The summed E-state index contributed by atoms with van der Waals surface area (Å²) in [6.07, 6.45) is 4.00.